The lowest BCUT2D eigenvalue weighted by Gasteiger charge is -2.05. The van der Waals surface area contributed by atoms with Crippen LogP contribution in [0.2, 0.25) is 0 Å². The first kappa shape index (κ1) is 15.0. The second-order valence-corrected chi connectivity index (χ2v) is 5.24. The highest BCUT2D eigenvalue weighted by atomic mass is 32.1. The maximum absolute atomic E-state index is 12.8. The van der Waals surface area contributed by atoms with Crippen molar-refractivity contribution < 1.29 is 19.4 Å². The summed E-state index contributed by atoms with van der Waals surface area (Å²) >= 11 is 1.39. The van der Waals surface area contributed by atoms with Gasteiger partial charge in [-0.2, -0.15) is 0 Å². The molecule has 2 rings (SSSR count). The van der Waals surface area contributed by atoms with E-state index in [-0.39, 0.29) is 18.7 Å². The largest absolute Gasteiger partial charge is 0.507 e. The number of phenols is 1. The first-order valence-corrected chi connectivity index (χ1v) is 6.87. The number of halogens is 1. The third-order valence-electron chi connectivity index (χ3n) is 2.58. The molecule has 21 heavy (non-hydrogen) atoms. The first-order valence-electron chi connectivity index (χ1n) is 6.05. The van der Waals surface area contributed by atoms with E-state index in [4.69, 9.17) is 5.11 Å². The predicted molar refractivity (Wildman–Crippen MR) is 77.5 cm³/mol. The van der Waals surface area contributed by atoms with E-state index in [1.807, 2.05) is 6.07 Å². The summed E-state index contributed by atoms with van der Waals surface area (Å²) in [7, 11) is 0. The van der Waals surface area contributed by atoms with Gasteiger partial charge in [0.2, 0.25) is 0 Å². The van der Waals surface area contributed by atoms with Crippen molar-refractivity contribution in [1.82, 2.24) is 5.32 Å². The number of carbonyl (C=O) groups is 1. The highest BCUT2D eigenvalue weighted by molar-refractivity contribution is 7.12. The zero-order valence-corrected chi connectivity index (χ0v) is 11.7. The van der Waals surface area contributed by atoms with Crippen molar-refractivity contribution in [3.8, 4) is 17.6 Å². The third kappa shape index (κ3) is 4.05. The standard InChI is InChI=1S/C15H12FNO3S/c16-10-3-6-13(14(19)8-10)15(20)17-9-12-5-4-11(21-12)2-1-7-18/h3-6,8,18-19H,7,9H2,(H,17,20). The molecule has 0 fully saturated rings. The molecule has 6 heteroatoms. The molecule has 2 aromatic rings. The molecule has 0 unspecified atom stereocenters. The van der Waals surface area contributed by atoms with Crippen LogP contribution in [-0.4, -0.2) is 22.7 Å². The van der Waals surface area contributed by atoms with Gasteiger partial charge >= 0.3 is 0 Å². The third-order valence-corrected chi connectivity index (χ3v) is 3.58. The Kier molecular flexibility index (Phi) is 4.93. The molecule has 108 valence electrons. The lowest BCUT2D eigenvalue weighted by molar-refractivity contribution is 0.0948. The maximum atomic E-state index is 12.8. The van der Waals surface area contributed by atoms with Crippen LogP contribution in [0.4, 0.5) is 4.39 Å². The summed E-state index contributed by atoms with van der Waals surface area (Å²) in [4.78, 5) is 13.6. The number of benzene rings is 1. The molecule has 4 nitrogen and oxygen atoms in total. The summed E-state index contributed by atoms with van der Waals surface area (Å²) in [5, 5.41) is 20.8. The molecule has 1 amide bonds. The van der Waals surface area contributed by atoms with Gasteiger partial charge in [0.25, 0.3) is 5.91 Å². The number of amides is 1. The van der Waals surface area contributed by atoms with Gasteiger partial charge in [0.05, 0.1) is 17.0 Å². The van der Waals surface area contributed by atoms with Crippen molar-refractivity contribution in [3.05, 3.63) is 51.5 Å². The molecule has 1 aromatic carbocycles. The number of nitrogens with one attached hydrogen (secondary N) is 1. The van der Waals surface area contributed by atoms with Crippen LogP contribution < -0.4 is 5.32 Å². The minimum atomic E-state index is -0.602. The molecule has 0 bridgehead atoms. The van der Waals surface area contributed by atoms with E-state index in [2.05, 4.69) is 17.2 Å². The normalized spacial score (nSPS) is 9.81. The van der Waals surface area contributed by atoms with Crippen LogP contribution in [0.15, 0.2) is 30.3 Å². The van der Waals surface area contributed by atoms with Gasteiger partial charge < -0.3 is 15.5 Å². The van der Waals surface area contributed by atoms with Crippen molar-refractivity contribution in [3.63, 3.8) is 0 Å². The fourth-order valence-electron chi connectivity index (χ4n) is 1.63. The van der Waals surface area contributed by atoms with Gasteiger partial charge in [-0.05, 0) is 24.3 Å². The average Bonchev–Trinajstić information content (AvgIpc) is 2.90. The van der Waals surface area contributed by atoms with Crippen LogP contribution in [0, 0.1) is 17.7 Å². The summed E-state index contributed by atoms with van der Waals surface area (Å²) in [6, 6.07) is 6.85. The van der Waals surface area contributed by atoms with E-state index in [1.54, 1.807) is 6.07 Å². The molecule has 1 heterocycles. The molecule has 0 radical (unpaired) electrons. The number of rotatable bonds is 3. The second-order valence-electron chi connectivity index (χ2n) is 4.07. The summed E-state index contributed by atoms with van der Waals surface area (Å²) < 4.78 is 12.8. The number of thiophene rings is 1. The molecular formula is C15H12FNO3S. The monoisotopic (exact) mass is 305 g/mol. The molecule has 0 atom stereocenters. The molecule has 0 saturated carbocycles. The van der Waals surface area contributed by atoms with Gasteiger partial charge in [-0.15, -0.1) is 11.3 Å². The summed E-state index contributed by atoms with van der Waals surface area (Å²) in [5.74, 6) is 3.83. The maximum Gasteiger partial charge on any atom is 0.255 e. The summed E-state index contributed by atoms with van der Waals surface area (Å²) in [6.07, 6.45) is 0. The Labute approximate surface area is 124 Å². The number of phenolic OH excluding ortho intramolecular Hbond substituents is 1. The highest BCUT2D eigenvalue weighted by Crippen LogP contribution is 2.19. The Bertz CT molecular complexity index is 715. The van der Waals surface area contributed by atoms with E-state index < -0.39 is 17.5 Å². The van der Waals surface area contributed by atoms with Gasteiger partial charge in [-0.1, -0.05) is 11.8 Å². The van der Waals surface area contributed by atoms with Crippen molar-refractivity contribution in [2.24, 2.45) is 0 Å². The minimum Gasteiger partial charge on any atom is -0.507 e. The van der Waals surface area contributed by atoms with Crippen LogP contribution in [0.5, 0.6) is 5.75 Å². The van der Waals surface area contributed by atoms with Gasteiger partial charge in [-0.3, -0.25) is 4.79 Å². The smallest absolute Gasteiger partial charge is 0.255 e. The number of aliphatic hydroxyl groups excluding tert-OH is 1. The van der Waals surface area contributed by atoms with Gasteiger partial charge in [-0.25, -0.2) is 4.39 Å². The predicted octanol–water partition coefficient (Wildman–Crippen LogP) is 1.87. The molecular weight excluding hydrogens is 293 g/mol. The van der Waals surface area contributed by atoms with E-state index in [0.717, 1.165) is 21.9 Å². The average molecular weight is 305 g/mol. The van der Waals surface area contributed by atoms with Crippen LogP contribution in [0.3, 0.4) is 0 Å². The Morgan fingerprint density at radius 1 is 1.33 bits per heavy atom. The summed E-state index contributed by atoms with van der Waals surface area (Å²) in [5.41, 5.74) is 0.0215. The Hall–Kier alpha value is -2.36. The molecule has 1 aromatic heterocycles. The number of hydrogen-bond acceptors (Lipinski definition) is 4. The topological polar surface area (TPSA) is 69.6 Å². The number of carbonyl (C=O) groups excluding carboxylic acids is 1. The highest BCUT2D eigenvalue weighted by Gasteiger charge is 2.11. The van der Waals surface area contributed by atoms with Crippen molar-refractivity contribution in [2.75, 3.05) is 6.61 Å². The zero-order chi connectivity index (χ0) is 15.2. The molecule has 0 aliphatic heterocycles. The van der Waals surface area contributed by atoms with Gasteiger partial charge in [0.1, 0.15) is 18.2 Å². The van der Waals surface area contributed by atoms with Gasteiger partial charge in [0.15, 0.2) is 0 Å². The molecule has 0 aliphatic carbocycles. The van der Waals surface area contributed by atoms with Crippen molar-refractivity contribution in [2.45, 2.75) is 6.54 Å². The lowest BCUT2D eigenvalue weighted by atomic mass is 10.2. The quantitative estimate of drug-likeness (QED) is 0.758. The van der Waals surface area contributed by atoms with E-state index >= 15 is 0 Å². The van der Waals surface area contributed by atoms with Crippen LogP contribution >= 0.6 is 11.3 Å². The van der Waals surface area contributed by atoms with Crippen LogP contribution in [0.25, 0.3) is 0 Å². The van der Waals surface area contributed by atoms with Crippen LogP contribution in [0.1, 0.15) is 20.1 Å². The van der Waals surface area contributed by atoms with Crippen molar-refractivity contribution >= 4 is 17.2 Å². The molecule has 0 aliphatic rings. The molecule has 3 N–H and O–H groups in total. The SMILES string of the molecule is O=C(NCc1ccc(C#CCO)s1)c1ccc(F)cc1O. The van der Waals surface area contributed by atoms with E-state index in [1.165, 1.54) is 17.4 Å². The molecule has 0 saturated heterocycles. The number of aliphatic hydroxyl groups is 1. The van der Waals surface area contributed by atoms with Crippen LogP contribution in [-0.2, 0) is 6.54 Å². The van der Waals surface area contributed by atoms with Crippen molar-refractivity contribution in [1.29, 1.82) is 0 Å². The molecule has 0 spiro atoms. The van der Waals surface area contributed by atoms with E-state index in [9.17, 15) is 14.3 Å². The van der Waals surface area contributed by atoms with Gasteiger partial charge in [0, 0.05) is 10.9 Å². The Balaban J connectivity index is 1.99. The van der Waals surface area contributed by atoms with E-state index in [0.29, 0.717) is 0 Å². The fraction of sp³-hybridized carbons (Fsp3) is 0.133. The Morgan fingerprint density at radius 3 is 2.86 bits per heavy atom. The fourth-order valence-corrected chi connectivity index (χ4v) is 2.45. The minimum absolute atomic E-state index is 0.0215. The summed E-state index contributed by atoms with van der Waals surface area (Å²) in [6.45, 7) is 0.0783. The number of hydrogen-bond donors (Lipinski definition) is 3. The lowest BCUT2D eigenvalue weighted by Crippen LogP contribution is -2.22. The Morgan fingerprint density at radius 2 is 2.14 bits per heavy atom. The first-order chi connectivity index (χ1) is 10.1. The second kappa shape index (κ2) is 6.88. The zero-order valence-electron chi connectivity index (χ0n) is 10.9. The number of aromatic hydroxyl groups is 1.